The van der Waals surface area contributed by atoms with Crippen molar-refractivity contribution in [2.75, 3.05) is 32.7 Å². The number of fused-ring (bicyclic) bond motifs is 1. The summed E-state index contributed by atoms with van der Waals surface area (Å²) in [5, 5.41) is 36.7. The maximum absolute atomic E-state index is 9.53. The smallest absolute Gasteiger partial charge is 0.328 e. The van der Waals surface area contributed by atoms with E-state index in [2.05, 4.69) is 19.2 Å². The molecule has 0 unspecified atom stereocenters. The van der Waals surface area contributed by atoms with Crippen molar-refractivity contribution in [3.63, 3.8) is 0 Å². The second-order valence-corrected chi connectivity index (χ2v) is 7.25. The van der Waals surface area contributed by atoms with E-state index in [1.165, 1.54) is 19.6 Å². The predicted octanol–water partition coefficient (Wildman–Crippen LogP) is -3.58. The number of ether oxygens (including phenoxy) is 2. The van der Waals surface area contributed by atoms with Crippen molar-refractivity contribution in [1.29, 1.82) is 0 Å². The number of hydrogen-bond acceptors (Lipinski definition) is 8. The fraction of sp³-hybridized carbons (Fsp3) is 0.391. The number of likely N-dealkylation sites (N-methyl/N-ethyl adjacent to an activating group) is 1. The first-order valence-electron chi connectivity index (χ1n) is 10.8. The molecule has 35 heavy (non-hydrogen) atoms. The Kier molecular flexibility index (Phi) is 14.8. The lowest BCUT2D eigenvalue weighted by Gasteiger charge is -2.21. The summed E-state index contributed by atoms with van der Waals surface area (Å²) in [7, 11) is 0. The molecule has 0 saturated carbocycles. The fourth-order valence-corrected chi connectivity index (χ4v) is 2.74. The minimum Gasteiger partial charge on any atom is -0.545 e. The summed E-state index contributed by atoms with van der Waals surface area (Å²) in [5.41, 5.74) is 0. The van der Waals surface area contributed by atoms with Crippen LogP contribution >= 0.6 is 0 Å². The highest BCUT2D eigenvalue weighted by atomic mass is 16.7. The highest BCUT2D eigenvalue weighted by molar-refractivity contribution is 5.89. The topological polar surface area (TPSA) is 194 Å². The minimum atomic E-state index is -1.51. The van der Waals surface area contributed by atoms with Gasteiger partial charge in [-0.2, -0.15) is 0 Å². The van der Waals surface area contributed by atoms with Crippen LogP contribution in [0.15, 0.2) is 48.6 Å². The number of nitrogens with one attached hydrogen (secondary N) is 1. The van der Waals surface area contributed by atoms with Crippen molar-refractivity contribution in [3.05, 3.63) is 48.6 Å². The molecule has 0 fully saturated rings. The number of benzene rings is 1. The zero-order valence-electron chi connectivity index (χ0n) is 19.9. The molecule has 1 aliphatic heterocycles. The highest BCUT2D eigenvalue weighted by Crippen LogP contribution is 2.37. The number of carbonyl (C=O) groups is 4. The van der Waals surface area contributed by atoms with Crippen LogP contribution in [0, 0.1) is 0 Å². The number of carboxylic acids is 4. The molecule has 0 bridgehead atoms. The third-order valence-corrected chi connectivity index (χ3v) is 4.44. The molecule has 12 heteroatoms. The molecular formula is C23H32N2O10. The highest BCUT2D eigenvalue weighted by Gasteiger charge is 2.38. The number of nitrogens with two attached hydrogens (primary N) is 1. The summed E-state index contributed by atoms with van der Waals surface area (Å²) in [6, 6.07) is 7.87. The second kappa shape index (κ2) is 16.7. The first kappa shape index (κ1) is 31.1. The largest absolute Gasteiger partial charge is 0.545 e. The van der Waals surface area contributed by atoms with Gasteiger partial charge in [0.15, 0.2) is 18.0 Å². The van der Waals surface area contributed by atoms with Crippen molar-refractivity contribution in [2.24, 2.45) is 0 Å². The van der Waals surface area contributed by atoms with Crippen LogP contribution in [0.2, 0.25) is 0 Å². The zero-order chi connectivity index (χ0) is 26.9. The third-order valence-electron chi connectivity index (χ3n) is 4.44. The van der Waals surface area contributed by atoms with Crippen molar-refractivity contribution >= 4 is 23.9 Å². The lowest BCUT2D eigenvalue weighted by molar-refractivity contribution is -0.909. The average molecular weight is 497 g/mol. The summed E-state index contributed by atoms with van der Waals surface area (Å²) < 4.78 is 11.8. The number of carbonyl (C=O) groups excluding carboxylic acids is 2. The van der Waals surface area contributed by atoms with Crippen LogP contribution in [0.25, 0.3) is 0 Å². The van der Waals surface area contributed by atoms with Gasteiger partial charge in [0.25, 0.3) is 5.79 Å². The van der Waals surface area contributed by atoms with Crippen LogP contribution in [-0.2, 0) is 19.2 Å². The molecule has 0 aromatic heterocycles. The Morgan fingerprint density at radius 3 is 1.66 bits per heavy atom. The van der Waals surface area contributed by atoms with Crippen LogP contribution in [-0.4, -0.2) is 72.6 Å². The van der Waals surface area contributed by atoms with E-state index >= 15 is 0 Å². The molecule has 0 amide bonds. The van der Waals surface area contributed by atoms with E-state index < -0.39 is 29.7 Å². The second-order valence-electron chi connectivity index (χ2n) is 7.25. The van der Waals surface area contributed by atoms with Gasteiger partial charge in [-0.3, -0.25) is 0 Å². The molecule has 1 aromatic rings. The Balaban J connectivity index is 0.000000601. The summed E-state index contributed by atoms with van der Waals surface area (Å²) >= 11 is 0. The molecule has 1 heterocycles. The Labute approximate surface area is 203 Å². The fourth-order valence-electron chi connectivity index (χ4n) is 2.74. The molecule has 5 N–H and O–H groups in total. The summed E-state index contributed by atoms with van der Waals surface area (Å²) in [6.07, 6.45) is 1.88. The standard InChI is InChI=1S/C15H24N2O2.2C4H4O4/c1-4-17(5-2)11-10-16-12-15(3)18-13-8-6-7-9-14(13)19-15;2*5-3(6)1-2-4(7)8/h6-9,16H,4-5,10-12H2,1-3H3;2*1-2H,(H,5,6)(H,7,8)/b;2*2-1-. The molecule has 0 atom stereocenters. The normalized spacial score (nSPS) is 13.0. The molecule has 1 aromatic carbocycles. The van der Waals surface area contributed by atoms with Gasteiger partial charge < -0.3 is 49.7 Å². The van der Waals surface area contributed by atoms with E-state index in [0.717, 1.165) is 24.6 Å². The van der Waals surface area contributed by atoms with Gasteiger partial charge in [0.2, 0.25) is 0 Å². The van der Waals surface area contributed by atoms with Crippen molar-refractivity contribution in [2.45, 2.75) is 26.6 Å². The quantitative estimate of drug-likeness (QED) is 0.176. The third kappa shape index (κ3) is 15.5. The average Bonchev–Trinajstić information content (AvgIpc) is 3.13. The first-order valence-corrected chi connectivity index (χ1v) is 10.8. The predicted molar refractivity (Wildman–Crippen MR) is 118 cm³/mol. The van der Waals surface area contributed by atoms with Gasteiger partial charge in [0.05, 0.1) is 25.0 Å². The Bertz CT molecular complexity index is 803. The van der Waals surface area contributed by atoms with E-state index in [4.69, 9.17) is 19.7 Å². The van der Waals surface area contributed by atoms with Gasteiger partial charge in [0.1, 0.15) is 13.1 Å². The molecule has 1 aliphatic rings. The van der Waals surface area contributed by atoms with Gasteiger partial charge in [-0.15, -0.1) is 0 Å². The minimum absolute atomic E-state index is 0.447. The van der Waals surface area contributed by atoms with E-state index in [9.17, 15) is 29.4 Å². The molecule has 0 radical (unpaired) electrons. The van der Waals surface area contributed by atoms with Crippen molar-refractivity contribution < 1.29 is 59.3 Å². The molecule has 12 nitrogen and oxygen atoms in total. The summed E-state index contributed by atoms with van der Waals surface area (Å²) in [4.78, 5) is 39.6. The Morgan fingerprint density at radius 1 is 0.914 bits per heavy atom. The van der Waals surface area contributed by atoms with E-state index in [-0.39, 0.29) is 0 Å². The maximum atomic E-state index is 9.53. The van der Waals surface area contributed by atoms with Gasteiger partial charge >= 0.3 is 11.9 Å². The van der Waals surface area contributed by atoms with Gasteiger partial charge in [-0.05, 0) is 38.1 Å². The van der Waals surface area contributed by atoms with Crippen LogP contribution in [0.3, 0.4) is 0 Å². The van der Waals surface area contributed by atoms with Crippen LogP contribution in [0.1, 0.15) is 20.8 Å². The number of para-hydroxylation sites is 2. The van der Waals surface area contributed by atoms with Gasteiger partial charge in [-0.1, -0.05) is 12.1 Å². The van der Waals surface area contributed by atoms with Crippen molar-refractivity contribution in [1.82, 2.24) is 0 Å². The van der Waals surface area contributed by atoms with E-state index in [1.54, 1.807) is 4.90 Å². The number of hydrogen-bond donors (Lipinski definition) is 4. The van der Waals surface area contributed by atoms with E-state index in [1.807, 2.05) is 31.2 Å². The summed E-state index contributed by atoms with van der Waals surface area (Å²) in [5.74, 6) is -4.42. The molecule has 0 aliphatic carbocycles. The van der Waals surface area contributed by atoms with Gasteiger partial charge in [-0.25, -0.2) is 9.59 Å². The molecule has 194 valence electrons. The summed E-state index contributed by atoms with van der Waals surface area (Å²) in [6.45, 7) is 12.0. The molecule has 0 spiro atoms. The van der Waals surface area contributed by atoms with Crippen LogP contribution in [0.4, 0.5) is 0 Å². The van der Waals surface area contributed by atoms with Gasteiger partial charge in [0, 0.05) is 19.1 Å². The van der Waals surface area contributed by atoms with Crippen molar-refractivity contribution in [3.8, 4) is 11.5 Å². The van der Waals surface area contributed by atoms with Crippen LogP contribution < -0.4 is 29.9 Å². The Hall–Kier alpha value is -3.90. The lowest BCUT2D eigenvalue weighted by Crippen LogP contribution is -3.14. The van der Waals surface area contributed by atoms with E-state index in [0.29, 0.717) is 24.3 Å². The monoisotopic (exact) mass is 496 g/mol. The lowest BCUT2D eigenvalue weighted by atomic mass is 10.3. The number of carboxylic acid groups (broad SMARTS) is 4. The Morgan fingerprint density at radius 2 is 1.34 bits per heavy atom. The van der Waals surface area contributed by atoms with Crippen LogP contribution in [0.5, 0.6) is 11.5 Å². The zero-order valence-corrected chi connectivity index (χ0v) is 19.9. The molecule has 0 saturated heterocycles. The molecule has 2 rings (SSSR count). The SMILES string of the molecule is CC[NH+](CC)CC[NH2+]CC1(C)Oc2ccccc2O1.O=C([O-])/C=C\C(=O)O.O=C([O-])/C=C\C(=O)O. The number of quaternary nitrogens is 2. The maximum Gasteiger partial charge on any atom is 0.328 e. The number of rotatable bonds is 11. The first-order chi connectivity index (χ1) is 16.4. The molecular weight excluding hydrogens is 464 g/mol. The number of aliphatic carboxylic acids is 4.